The van der Waals surface area contributed by atoms with Gasteiger partial charge in [0.2, 0.25) is 0 Å². The molecule has 5 nitrogen and oxygen atoms in total. The summed E-state index contributed by atoms with van der Waals surface area (Å²) in [5.74, 6) is 0.523. The van der Waals surface area contributed by atoms with Crippen LogP contribution in [0.15, 0.2) is 36.7 Å². The highest BCUT2D eigenvalue weighted by Crippen LogP contribution is 2.23. The van der Waals surface area contributed by atoms with Crippen LogP contribution in [0.4, 0.5) is 0 Å². The second-order valence-corrected chi connectivity index (χ2v) is 6.63. The normalized spacial score (nSPS) is 11.9. The molecule has 26 heavy (non-hydrogen) atoms. The van der Waals surface area contributed by atoms with Crippen LogP contribution in [0.25, 0.3) is 11.4 Å². The van der Waals surface area contributed by atoms with Crippen LogP contribution < -0.4 is 4.74 Å². The Balaban J connectivity index is 1.86. The summed E-state index contributed by atoms with van der Waals surface area (Å²) in [7, 11) is 0. The molecule has 1 unspecified atom stereocenters. The van der Waals surface area contributed by atoms with Crippen LogP contribution in [-0.2, 0) is 4.79 Å². The van der Waals surface area contributed by atoms with E-state index in [0.29, 0.717) is 18.2 Å². The Morgan fingerprint density at radius 3 is 2.35 bits per heavy atom. The van der Waals surface area contributed by atoms with Crippen molar-refractivity contribution in [3.63, 3.8) is 0 Å². The van der Waals surface area contributed by atoms with Crippen molar-refractivity contribution < 1.29 is 14.6 Å². The van der Waals surface area contributed by atoms with E-state index in [4.69, 9.17) is 9.84 Å². The van der Waals surface area contributed by atoms with E-state index in [1.54, 1.807) is 12.4 Å². The van der Waals surface area contributed by atoms with Crippen molar-refractivity contribution in [1.82, 2.24) is 9.97 Å². The number of aliphatic carboxylic acids is 1. The summed E-state index contributed by atoms with van der Waals surface area (Å²) in [5.41, 5.74) is 1.90. The zero-order chi connectivity index (χ0) is 18.8. The van der Waals surface area contributed by atoms with Crippen LogP contribution in [0.2, 0.25) is 0 Å². The van der Waals surface area contributed by atoms with Gasteiger partial charge in [0.05, 0.1) is 25.4 Å². The minimum absolute atomic E-state index is 0.0180. The average Bonchev–Trinajstić information content (AvgIpc) is 2.65. The molecule has 2 aromatic rings. The van der Waals surface area contributed by atoms with Crippen molar-refractivity contribution in [2.75, 3.05) is 6.61 Å². The lowest BCUT2D eigenvalue weighted by atomic mass is 9.97. The van der Waals surface area contributed by atoms with Gasteiger partial charge in [-0.2, -0.15) is 0 Å². The molecule has 0 saturated heterocycles. The first kappa shape index (κ1) is 19.9. The van der Waals surface area contributed by atoms with E-state index in [1.165, 1.54) is 25.7 Å². The quantitative estimate of drug-likeness (QED) is 0.569. The van der Waals surface area contributed by atoms with Gasteiger partial charge in [0.25, 0.3) is 0 Å². The topological polar surface area (TPSA) is 72.3 Å². The molecular formula is C21H28N2O3. The Hall–Kier alpha value is -2.43. The van der Waals surface area contributed by atoms with Crippen LogP contribution in [-0.4, -0.2) is 27.7 Å². The van der Waals surface area contributed by atoms with Gasteiger partial charge < -0.3 is 9.84 Å². The largest absolute Gasteiger partial charge is 0.490 e. The Morgan fingerprint density at radius 2 is 1.73 bits per heavy atom. The van der Waals surface area contributed by atoms with E-state index < -0.39 is 5.97 Å². The third-order valence-electron chi connectivity index (χ3n) is 4.36. The zero-order valence-electron chi connectivity index (χ0n) is 15.6. The van der Waals surface area contributed by atoms with Crippen LogP contribution in [0.1, 0.15) is 63.9 Å². The van der Waals surface area contributed by atoms with E-state index >= 15 is 0 Å². The highest BCUT2D eigenvalue weighted by molar-refractivity contribution is 5.68. The first-order chi connectivity index (χ1) is 12.6. The van der Waals surface area contributed by atoms with Gasteiger partial charge in [0, 0.05) is 5.56 Å². The molecule has 0 fully saturated rings. The molecule has 0 aliphatic carbocycles. The van der Waals surface area contributed by atoms with Gasteiger partial charge in [-0.3, -0.25) is 4.79 Å². The SMILES string of the molecule is CCCCCCCOc1cnc(-c2ccc(C(C)CC(=O)O)cc2)nc1. The number of carboxylic acid groups (broad SMARTS) is 1. The zero-order valence-corrected chi connectivity index (χ0v) is 15.6. The Labute approximate surface area is 155 Å². The number of hydrogen-bond acceptors (Lipinski definition) is 4. The highest BCUT2D eigenvalue weighted by Gasteiger charge is 2.10. The lowest BCUT2D eigenvalue weighted by Crippen LogP contribution is -2.02. The van der Waals surface area contributed by atoms with Gasteiger partial charge >= 0.3 is 5.97 Å². The summed E-state index contributed by atoms with van der Waals surface area (Å²) in [6.07, 6.45) is 9.57. The summed E-state index contributed by atoms with van der Waals surface area (Å²) >= 11 is 0. The van der Waals surface area contributed by atoms with Gasteiger partial charge in [-0.05, 0) is 17.9 Å². The minimum atomic E-state index is -0.786. The molecule has 1 aromatic carbocycles. The smallest absolute Gasteiger partial charge is 0.303 e. The first-order valence-corrected chi connectivity index (χ1v) is 9.37. The fraction of sp³-hybridized carbons (Fsp3) is 0.476. The Bertz CT molecular complexity index is 669. The number of ether oxygens (including phenoxy) is 1. The fourth-order valence-corrected chi connectivity index (χ4v) is 2.78. The van der Waals surface area contributed by atoms with Crippen LogP contribution >= 0.6 is 0 Å². The summed E-state index contributed by atoms with van der Waals surface area (Å²) in [6.45, 7) is 4.82. The van der Waals surface area contributed by atoms with Crippen molar-refractivity contribution in [3.8, 4) is 17.1 Å². The van der Waals surface area contributed by atoms with E-state index in [2.05, 4.69) is 16.9 Å². The first-order valence-electron chi connectivity index (χ1n) is 9.37. The monoisotopic (exact) mass is 356 g/mol. The number of hydrogen-bond donors (Lipinski definition) is 1. The molecule has 1 N–H and O–H groups in total. The van der Waals surface area contributed by atoms with Gasteiger partial charge in [0.1, 0.15) is 0 Å². The van der Waals surface area contributed by atoms with E-state index in [0.717, 1.165) is 17.5 Å². The highest BCUT2D eigenvalue weighted by atomic mass is 16.5. The van der Waals surface area contributed by atoms with Crippen LogP contribution in [0.5, 0.6) is 5.75 Å². The second kappa shape index (κ2) is 10.5. The molecule has 1 heterocycles. The maximum atomic E-state index is 10.8. The molecule has 1 atom stereocenters. The molecule has 0 aliphatic rings. The Morgan fingerprint density at radius 1 is 1.08 bits per heavy atom. The molecule has 0 bridgehead atoms. The minimum Gasteiger partial charge on any atom is -0.490 e. The molecule has 0 saturated carbocycles. The maximum absolute atomic E-state index is 10.8. The molecule has 0 spiro atoms. The fourth-order valence-electron chi connectivity index (χ4n) is 2.78. The molecule has 140 valence electrons. The number of nitrogens with zero attached hydrogens (tertiary/aromatic N) is 2. The molecule has 0 radical (unpaired) electrons. The van der Waals surface area contributed by atoms with Gasteiger partial charge in [0.15, 0.2) is 11.6 Å². The average molecular weight is 356 g/mol. The standard InChI is InChI=1S/C21H28N2O3/c1-3-4-5-6-7-12-26-19-14-22-21(23-15-19)18-10-8-17(9-11-18)16(2)13-20(24)25/h8-11,14-16H,3-7,12-13H2,1-2H3,(H,24,25). The van der Waals surface area contributed by atoms with E-state index in [1.807, 2.05) is 31.2 Å². The molecule has 5 heteroatoms. The number of carbonyl (C=O) groups is 1. The molecular weight excluding hydrogens is 328 g/mol. The van der Waals surface area contributed by atoms with Crippen molar-refractivity contribution in [2.24, 2.45) is 0 Å². The number of unbranched alkanes of at least 4 members (excludes halogenated alkanes) is 4. The summed E-state index contributed by atoms with van der Waals surface area (Å²) in [6, 6.07) is 7.73. The van der Waals surface area contributed by atoms with Gasteiger partial charge in [-0.1, -0.05) is 63.8 Å². The van der Waals surface area contributed by atoms with Gasteiger partial charge in [-0.25, -0.2) is 9.97 Å². The predicted molar refractivity (Wildman–Crippen MR) is 102 cm³/mol. The number of carboxylic acids is 1. The maximum Gasteiger partial charge on any atom is 0.303 e. The number of rotatable bonds is 11. The van der Waals surface area contributed by atoms with Crippen LogP contribution in [0, 0.1) is 0 Å². The molecule has 0 aliphatic heterocycles. The molecule has 2 rings (SSSR count). The van der Waals surface area contributed by atoms with Crippen molar-refractivity contribution in [2.45, 2.75) is 58.3 Å². The number of aromatic nitrogens is 2. The predicted octanol–water partition coefficient (Wildman–Crippen LogP) is 5.07. The van der Waals surface area contributed by atoms with Crippen molar-refractivity contribution in [3.05, 3.63) is 42.2 Å². The Kier molecular flexibility index (Phi) is 8.06. The second-order valence-electron chi connectivity index (χ2n) is 6.63. The third-order valence-corrected chi connectivity index (χ3v) is 4.36. The van der Waals surface area contributed by atoms with Crippen molar-refractivity contribution >= 4 is 5.97 Å². The van der Waals surface area contributed by atoms with E-state index in [-0.39, 0.29) is 12.3 Å². The van der Waals surface area contributed by atoms with E-state index in [9.17, 15) is 4.79 Å². The lowest BCUT2D eigenvalue weighted by Gasteiger charge is -2.10. The van der Waals surface area contributed by atoms with Crippen LogP contribution in [0.3, 0.4) is 0 Å². The van der Waals surface area contributed by atoms with Crippen molar-refractivity contribution in [1.29, 1.82) is 0 Å². The summed E-state index contributed by atoms with van der Waals surface area (Å²) in [5, 5.41) is 8.89. The number of benzene rings is 1. The molecule has 1 aromatic heterocycles. The summed E-state index contributed by atoms with van der Waals surface area (Å²) in [4.78, 5) is 19.6. The lowest BCUT2D eigenvalue weighted by molar-refractivity contribution is -0.137. The molecule has 0 amide bonds. The summed E-state index contributed by atoms with van der Waals surface area (Å²) < 4.78 is 5.68. The third kappa shape index (κ3) is 6.47. The van der Waals surface area contributed by atoms with Gasteiger partial charge in [-0.15, -0.1) is 0 Å².